The molecule has 0 saturated heterocycles. The summed E-state index contributed by atoms with van der Waals surface area (Å²) in [6.07, 6.45) is 2.49. The second-order valence-electron chi connectivity index (χ2n) is 6.97. The number of nitrogens with one attached hydrogen (secondary N) is 1. The second-order valence-corrected chi connectivity index (χ2v) is 6.97. The first kappa shape index (κ1) is 16.6. The standard InChI is InChI=1S/C21H22N2O3/c24-19(22-15-21(11-12-21)16-6-2-1-3-7-16)10-13-23-17-8-4-5-9-18(17)26-14-20(23)25/h1-9H,10-15H2,(H,22,24). The van der Waals surface area contributed by atoms with Crippen LogP contribution in [-0.4, -0.2) is 31.5 Å². The minimum Gasteiger partial charge on any atom is -0.482 e. The maximum atomic E-state index is 12.3. The van der Waals surface area contributed by atoms with E-state index in [1.54, 1.807) is 4.90 Å². The van der Waals surface area contributed by atoms with E-state index in [4.69, 9.17) is 4.74 Å². The van der Waals surface area contributed by atoms with E-state index in [2.05, 4.69) is 17.4 Å². The van der Waals surface area contributed by atoms with Crippen molar-refractivity contribution in [2.75, 3.05) is 24.6 Å². The molecule has 1 heterocycles. The Morgan fingerprint density at radius 3 is 2.58 bits per heavy atom. The highest BCUT2D eigenvalue weighted by molar-refractivity contribution is 5.98. The van der Waals surface area contributed by atoms with Gasteiger partial charge in [0.2, 0.25) is 5.91 Å². The number of para-hydroxylation sites is 2. The Hall–Kier alpha value is -2.82. The van der Waals surface area contributed by atoms with Crippen molar-refractivity contribution in [3.05, 3.63) is 60.2 Å². The van der Waals surface area contributed by atoms with Crippen LogP contribution < -0.4 is 15.0 Å². The van der Waals surface area contributed by atoms with Gasteiger partial charge in [0, 0.05) is 24.9 Å². The van der Waals surface area contributed by atoms with Crippen LogP contribution in [-0.2, 0) is 15.0 Å². The van der Waals surface area contributed by atoms with Crippen molar-refractivity contribution in [2.24, 2.45) is 0 Å². The number of benzene rings is 2. The highest BCUT2D eigenvalue weighted by Gasteiger charge is 2.44. The molecule has 2 aliphatic rings. The fraction of sp³-hybridized carbons (Fsp3) is 0.333. The zero-order valence-electron chi connectivity index (χ0n) is 14.6. The number of carbonyl (C=O) groups is 2. The maximum absolute atomic E-state index is 12.3. The smallest absolute Gasteiger partial charge is 0.265 e. The summed E-state index contributed by atoms with van der Waals surface area (Å²) < 4.78 is 5.43. The normalized spacial score (nSPS) is 17.2. The topological polar surface area (TPSA) is 58.6 Å². The Bertz CT molecular complexity index is 815. The number of ether oxygens (including phenoxy) is 1. The number of rotatable bonds is 6. The lowest BCUT2D eigenvalue weighted by molar-refractivity contribution is -0.122. The summed E-state index contributed by atoms with van der Waals surface area (Å²) in [5.41, 5.74) is 2.12. The van der Waals surface area contributed by atoms with Crippen LogP contribution in [0.4, 0.5) is 5.69 Å². The van der Waals surface area contributed by atoms with Crippen LogP contribution in [0.15, 0.2) is 54.6 Å². The van der Waals surface area contributed by atoms with Crippen molar-refractivity contribution in [3.63, 3.8) is 0 Å². The Balaban J connectivity index is 1.33. The number of nitrogens with zero attached hydrogens (tertiary/aromatic N) is 1. The third-order valence-corrected chi connectivity index (χ3v) is 5.23. The summed E-state index contributed by atoms with van der Waals surface area (Å²) in [4.78, 5) is 26.1. The molecule has 2 amide bonds. The Morgan fingerprint density at radius 2 is 1.81 bits per heavy atom. The van der Waals surface area contributed by atoms with E-state index in [0.717, 1.165) is 18.5 Å². The van der Waals surface area contributed by atoms with Crippen LogP contribution in [0.25, 0.3) is 0 Å². The molecular weight excluding hydrogens is 328 g/mol. The average molecular weight is 350 g/mol. The summed E-state index contributed by atoms with van der Waals surface area (Å²) in [6, 6.07) is 17.8. The van der Waals surface area contributed by atoms with E-state index in [9.17, 15) is 9.59 Å². The quantitative estimate of drug-likeness (QED) is 0.871. The molecule has 26 heavy (non-hydrogen) atoms. The third kappa shape index (κ3) is 3.29. The summed E-state index contributed by atoms with van der Waals surface area (Å²) in [6.45, 7) is 1.04. The van der Waals surface area contributed by atoms with Crippen LogP contribution in [0.3, 0.4) is 0 Å². The van der Waals surface area contributed by atoms with Crippen molar-refractivity contribution >= 4 is 17.5 Å². The highest BCUT2D eigenvalue weighted by Crippen LogP contribution is 2.47. The van der Waals surface area contributed by atoms with Crippen molar-refractivity contribution in [1.82, 2.24) is 5.32 Å². The molecule has 0 bridgehead atoms. The number of fused-ring (bicyclic) bond motifs is 1. The Labute approximate surface area is 153 Å². The minimum atomic E-state index is -0.112. The minimum absolute atomic E-state index is 0.0236. The van der Waals surface area contributed by atoms with Gasteiger partial charge in [0.05, 0.1) is 5.69 Å². The zero-order valence-corrected chi connectivity index (χ0v) is 14.6. The number of hydrogen-bond acceptors (Lipinski definition) is 3. The van der Waals surface area contributed by atoms with E-state index in [1.165, 1.54) is 5.56 Å². The number of hydrogen-bond donors (Lipinski definition) is 1. The van der Waals surface area contributed by atoms with Gasteiger partial charge in [0.15, 0.2) is 6.61 Å². The molecule has 2 aromatic carbocycles. The van der Waals surface area contributed by atoms with Crippen molar-refractivity contribution in [3.8, 4) is 5.75 Å². The summed E-state index contributed by atoms with van der Waals surface area (Å²) in [5, 5.41) is 3.05. The molecule has 0 radical (unpaired) electrons. The molecule has 1 N–H and O–H groups in total. The molecule has 1 aliphatic heterocycles. The molecule has 5 heteroatoms. The lowest BCUT2D eigenvalue weighted by Crippen LogP contribution is -2.41. The van der Waals surface area contributed by atoms with Gasteiger partial charge in [0.1, 0.15) is 5.75 Å². The SMILES string of the molecule is O=C(CCN1C(=O)COc2ccccc21)NCC1(c2ccccc2)CC1. The van der Waals surface area contributed by atoms with Gasteiger partial charge in [-0.2, -0.15) is 0 Å². The van der Waals surface area contributed by atoms with Crippen LogP contribution in [0.5, 0.6) is 5.75 Å². The zero-order chi connectivity index (χ0) is 18.0. The van der Waals surface area contributed by atoms with Crippen LogP contribution in [0.2, 0.25) is 0 Å². The molecule has 0 aromatic heterocycles. The fourth-order valence-corrected chi connectivity index (χ4v) is 3.48. The highest BCUT2D eigenvalue weighted by atomic mass is 16.5. The first-order valence-corrected chi connectivity index (χ1v) is 9.02. The van der Waals surface area contributed by atoms with Gasteiger partial charge in [-0.3, -0.25) is 9.59 Å². The first-order valence-electron chi connectivity index (χ1n) is 9.02. The predicted octanol–water partition coefficient (Wildman–Crippen LogP) is 2.65. The molecule has 0 unspecified atom stereocenters. The first-order chi connectivity index (χ1) is 12.7. The lowest BCUT2D eigenvalue weighted by Gasteiger charge is -2.29. The molecule has 0 atom stereocenters. The van der Waals surface area contributed by atoms with Crippen LogP contribution in [0.1, 0.15) is 24.8 Å². The lowest BCUT2D eigenvalue weighted by atomic mass is 9.96. The number of carbonyl (C=O) groups excluding carboxylic acids is 2. The maximum Gasteiger partial charge on any atom is 0.265 e. The molecule has 1 aliphatic carbocycles. The van der Waals surface area contributed by atoms with E-state index >= 15 is 0 Å². The molecule has 1 fully saturated rings. The van der Waals surface area contributed by atoms with Crippen molar-refractivity contribution in [1.29, 1.82) is 0 Å². The van der Waals surface area contributed by atoms with E-state index in [1.807, 2.05) is 42.5 Å². The molecular formula is C21H22N2O3. The van der Waals surface area contributed by atoms with Gasteiger partial charge in [0.25, 0.3) is 5.91 Å². The van der Waals surface area contributed by atoms with Gasteiger partial charge in [-0.15, -0.1) is 0 Å². The summed E-state index contributed by atoms with van der Waals surface area (Å²) >= 11 is 0. The average Bonchev–Trinajstić information content (AvgIpc) is 3.47. The van der Waals surface area contributed by atoms with Gasteiger partial charge in [-0.05, 0) is 30.5 Å². The van der Waals surface area contributed by atoms with Crippen molar-refractivity contribution in [2.45, 2.75) is 24.7 Å². The number of amides is 2. The Kier molecular flexibility index (Phi) is 4.37. The Morgan fingerprint density at radius 1 is 1.08 bits per heavy atom. The fourth-order valence-electron chi connectivity index (χ4n) is 3.48. The van der Waals surface area contributed by atoms with Crippen LogP contribution >= 0.6 is 0 Å². The van der Waals surface area contributed by atoms with Crippen molar-refractivity contribution < 1.29 is 14.3 Å². The van der Waals surface area contributed by atoms with E-state index < -0.39 is 0 Å². The molecule has 2 aromatic rings. The molecule has 0 spiro atoms. The molecule has 134 valence electrons. The predicted molar refractivity (Wildman–Crippen MR) is 99.3 cm³/mol. The van der Waals surface area contributed by atoms with Gasteiger partial charge in [-0.25, -0.2) is 0 Å². The van der Waals surface area contributed by atoms with E-state index in [0.29, 0.717) is 18.8 Å². The summed E-state index contributed by atoms with van der Waals surface area (Å²) in [7, 11) is 0. The molecule has 4 rings (SSSR count). The van der Waals surface area contributed by atoms with Crippen LogP contribution in [0, 0.1) is 0 Å². The van der Waals surface area contributed by atoms with E-state index in [-0.39, 0.29) is 30.3 Å². The largest absolute Gasteiger partial charge is 0.482 e. The van der Waals surface area contributed by atoms with Gasteiger partial charge < -0.3 is 15.0 Å². The monoisotopic (exact) mass is 350 g/mol. The second kappa shape index (κ2) is 6.83. The third-order valence-electron chi connectivity index (χ3n) is 5.23. The summed E-state index contributed by atoms with van der Waals surface area (Å²) in [5.74, 6) is 0.553. The van der Waals surface area contributed by atoms with Gasteiger partial charge in [-0.1, -0.05) is 42.5 Å². The molecule has 5 nitrogen and oxygen atoms in total. The number of anilines is 1. The molecule has 1 saturated carbocycles. The van der Waals surface area contributed by atoms with Gasteiger partial charge >= 0.3 is 0 Å².